The van der Waals surface area contributed by atoms with Gasteiger partial charge in [-0.1, -0.05) is 35.5 Å². The van der Waals surface area contributed by atoms with Crippen LogP contribution in [0.5, 0.6) is 0 Å². The van der Waals surface area contributed by atoms with Crippen molar-refractivity contribution in [2.75, 3.05) is 13.2 Å². The summed E-state index contributed by atoms with van der Waals surface area (Å²) in [5.41, 5.74) is 3.98. The zero-order valence-corrected chi connectivity index (χ0v) is 17.2. The third-order valence-electron chi connectivity index (χ3n) is 5.65. The van der Waals surface area contributed by atoms with Crippen LogP contribution in [0.3, 0.4) is 0 Å². The van der Waals surface area contributed by atoms with E-state index in [1.807, 2.05) is 54.1 Å². The Bertz CT molecular complexity index is 1180. The number of aromatic nitrogens is 4. The number of aryl methyl sites for hydroxylation is 1. The van der Waals surface area contributed by atoms with Crippen LogP contribution in [0, 0.1) is 18.8 Å². The van der Waals surface area contributed by atoms with Gasteiger partial charge in [0.05, 0.1) is 6.54 Å². The van der Waals surface area contributed by atoms with Gasteiger partial charge in [0.1, 0.15) is 5.82 Å². The van der Waals surface area contributed by atoms with Crippen molar-refractivity contribution >= 4 is 0 Å². The van der Waals surface area contributed by atoms with Crippen molar-refractivity contribution in [3.8, 4) is 23.0 Å². The Morgan fingerprint density at radius 2 is 2.06 bits per heavy atom. The molecule has 0 bridgehead atoms. The van der Waals surface area contributed by atoms with Crippen molar-refractivity contribution in [3.63, 3.8) is 0 Å². The molecule has 0 spiro atoms. The van der Waals surface area contributed by atoms with Crippen LogP contribution in [0.4, 0.5) is 4.39 Å². The first-order valence-electron chi connectivity index (χ1n) is 10.4. The maximum Gasteiger partial charge on any atom is 0.278 e. The summed E-state index contributed by atoms with van der Waals surface area (Å²) in [6, 6.07) is 17.9. The quantitative estimate of drug-likeness (QED) is 0.467. The molecule has 7 heteroatoms. The molecule has 6 nitrogen and oxygen atoms in total. The van der Waals surface area contributed by atoms with E-state index in [0.717, 1.165) is 29.7 Å². The molecule has 1 radical (unpaired) electrons. The van der Waals surface area contributed by atoms with Crippen LogP contribution in [-0.4, -0.2) is 33.1 Å². The minimum Gasteiger partial charge on any atom is -0.381 e. The summed E-state index contributed by atoms with van der Waals surface area (Å²) in [5.74, 6) is 0.607. The second-order valence-electron chi connectivity index (χ2n) is 7.79. The SMILES string of the molecule is Cc1cc(-c2nc(-c3ccc(C4CCOCC4)c(F)c3)no2)nn1Cc1c[c]ccc1. The van der Waals surface area contributed by atoms with Crippen molar-refractivity contribution in [2.45, 2.75) is 32.2 Å². The van der Waals surface area contributed by atoms with E-state index in [0.29, 0.717) is 42.7 Å². The molecule has 0 unspecified atom stereocenters. The van der Waals surface area contributed by atoms with E-state index in [9.17, 15) is 4.39 Å². The summed E-state index contributed by atoms with van der Waals surface area (Å²) in [6.07, 6.45) is 1.68. The first-order chi connectivity index (χ1) is 15.2. The predicted octanol–water partition coefficient (Wildman–Crippen LogP) is 4.79. The van der Waals surface area contributed by atoms with Crippen LogP contribution in [-0.2, 0) is 11.3 Å². The fourth-order valence-electron chi connectivity index (χ4n) is 3.93. The molecule has 1 saturated heterocycles. The van der Waals surface area contributed by atoms with Gasteiger partial charge in [-0.15, -0.1) is 0 Å². The standard InChI is InChI=1S/C24H22FN4O2/c1-16-13-22(27-29(16)15-17-5-3-2-4-6-17)24-26-23(28-31-24)19-7-8-20(21(25)14-19)18-9-11-30-12-10-18/h2-3,5-8,13-14,18H,9-12,15H2,1H3. The summed E-state index contributed by atoms with van der Waals surface area (Å²) < 4.78 is 27.5. The van der Waals surface area contributed by atoms with E-state index in [2.05, 4.69) is 21.3 Å². The second-order valence-corrected chi connectivity index (χ2v) is 7.79. The number of hydrogen-bond acceptors (Lipinski definition) is 5. The summed E-state index contributed by atoms with van der Waals surface area (Å²) >= 11 is 0. The molecule has 4 aromatic rings. The molecule has 0 saturated carbocycles. The number of halogens is 1. The van der Waals surface area contributed by atoms with Gasteiger partial charge in [-0.2, -0.15) is 10.1 Å². The third kappa shape index (κ3) is 4.14. The van der Waals surface area contributed by atoms with Crippen LogP contribution < -0.4 is 0 Å². The monoisotopic (exact) mass is 417 g/mol. The highest BCUT2D eigenvalue weighted by molar-refractivity contribution is 5.58. The minimum absolute atomic E-state index is 0.192. The summed E-state index contributed by atoms with van der Waals surface area (Å²) in [7, 11) is 0. The lowest BCUT2D eigenvalue weighted by Crippen LogP contribution is -2.15. The Morgan fingerprint density at radius 1 is 1.19 bits per heavy atom. The van der Waals surface area contributed by atoms with E-state index in [4.69, 9.17) is 9.26 Å². The molecule has 2 aromatic heterocycles. The molecule has 0 N–H and O–H groups in total. The molecule has 1 fully saturated rings. The molecule has 157 valence electrons. The Morgan fingerprint density at radius 3 is 2.84 bits per heavy atom. The maximum absolute atomic E-state index is 14.8. The Labute approximate surface area is 179 Å². The topological polar surface area (TPSA) is 66.0 Å². The van der Waals surface area contributed by atoms with Gasteiger partial charge in [-0.3, -0.25) is 4.68 Å². The fraction of sp³-hybridized carbons (Fsp3) is 0.292. The Kier molecular flexibility index (Phi) is 5.34. The van der Waals surface area contributed by atoms with Crippen LogP contribution in [0.25, 0.3) is 23.0 Å². The van der Waals surface area contributed by atoms with Crippen LogP contribution >= 0.6 is 0 Å². The lowest BCUT2D eigenvalue weighted by molar-refractivity contribution is 0.0846. The smallest absolute Gasteiger partial charge is 0.278 e. The second kappa shape index (κ2) is 8.43. The first kappa shape index (κ1) is 19.6. The number of hydrogen-bond donors (Lipinski definition) is 0. The van der Waals surface area contributed by atoms with Crippen molar-refractivity contribution in [1.29, 1.82) is 0 Å². The third-order valence-corrected chi connectivity index (χ3v) is 5.65. The van der Waals surface area contributed by atoms with Gasteiger partial charge >= 0.3 is 0 Å². The zero-order chi connectivity index (χ0) is 21.2. The molecule has 1 aliphatic rings. The largest absolute Gasteiger partial charge is 0.381 e. The normalized spacial score (nSPS) is 14.8. The van der Waals surface area contributed by atoms with E-state index in [-0.39, 0.29) is 11.7 Å². The van der Waals surface area contributed by atoms with Crippen molar-refractivity contribution in [3.05, 3.63) is 77.2 Å². The summed E-state index contributed by atoms with van der Waals surface area (Å²) in [4.78, 5) is 4.45. The Hall–Kier alpha value is -3.32. The van der Waals surface area contributed by atoms with Gasteiger partial charge < -0.3 is 9.26 Å². The average Bonchev–Trinajstić information content (AvgIpc) is 3.42. The minimum atomic E-state index is -0.240. The van der Waals surface area contributed by atoms with Gasteiger partial charge in [0.25, 0.3) is 5.89 Å². The molecule has 5 rings (SSSR count). The molecule has 0 atom stereocenters. The van der Waals surface area contributed by atoms with Gasteiger partial charge in [-0.25, -0.2) is 4.39 Å². The Balaban J connectivity index is 1.37. The molecule has 0 aliphatic carbocycles. The molecular weight excluding hydrogens is 395 g/mol. The van der Waals surface area contributed by atoms with E-state index in [1.54, 1.807) is 0 Å². The maximum atomic E-state index is 14.8. The lowest BCUT2D eigenvalue weighted by Gasteiger charge is -2.22. The van der Waals surface area contributed by atoms with E-state index < -0.39 is 0 Å². The van der Waals surface area contributed by atoms with Gasteiger partial charge in [0, 0.05) is 24.5 Å². The highest BCUT2D eigenvalue weighted by atomic mass is 19.1. The van der Waals surface area contributed by atoms with Crippen LogP contribution in [0.2, 0.25) is 0 Å². The van der Waals surface area contributed by atoms with Crippen molar-refractivity contribution in [2.24, 2.45) is 0 Å². The highest BCUT2D eigenvalue weighted by Crippen LogP contribution is 2.31. The molecule has 3 heterocycles. The molecule has 0 amide bonds. The summed E-state index contributed by atoms with van der Waals surface area (Å²) in [6.45, 7) is 3.96. The van der Waals surface area contributed by atoms with Crippen LogP contribution in [0.15, 0.2) is 53.1 Å². The van der Waals surface area contributed by atoms with Crippen LogP contribution in [0.1, 0.15) is 35.6 Å². The number of nitrogens with zero attached hydrogens (tertiary/aromatic N) is 4. The average molecular weight is 417 g/mol. The highest BCUT2D eigenvalue weighted by Gasteiger charge is 2.21. The molecule has 31 heavy (non-hydrogen) atoms. The van der Waals surface area contributed by atoms with Gasteiger partial charge in [0.2, 0.25) is 5.82 Å². The van der Waals surface area contributed by atoms with Gasteiger partial charge in [-0.05, 0) is 61.1 Å². The molecule has 1 aliphatic heterocycles. The fourth-order valence-corrected chi connectivity index (χ4v) is 3.93. The van der Waals surface area contributed by atoms with E-state index in [1.165, 1.54) is 6.07 Å². The van der Waals surface area contributed by atoms with Crippen molar-refractivity contribution < 1.29 is 13.7 Å². The lowest BCUT2D eigenvalue weighted by atomic mass is 9.90. The summed E-state index contributed by atoms with van der Waals surface area (Å²) in [5, 5.41) is 8.64. The first-order valence-corrected chi connectivity index (χ1v) is 10.4. The zero-order valence-electron chi connectivity index (χ0n) is 17.2. The molecular formula is C24H22FN4O2. The number of rotatable bonds is 5. The number of benzene rings is 2. The van der Waals surface area contributed by atoms with E-state index >= 15 is 0 Å². The van der Waals surface area contributed by atoms with Crippen molar-refractivity contribution in [1.82, 2.24) is 19.9 Å². The molecule has 2 aromatic carbocycles. The number of ether oxygens (including phenoxy) is 1. The predicted molar refractivity (Wildman–Crippen MR) is 113 cm³/mol. The van der Waals surface area contributed by atoms with Gasteiger partial charge in [0.15, 0.2) is 5.69 Å².